The van der Waals surface area contributed by atoms with E-state index in [-0.39, 0.29) is 6.04 Å². The normalized spacial score (nSPS) is 12.9. The fourth-order valence-corrected chi connectivity index (χ4v) is 3.19. The van der Waals surface area contributed by atoms with Gasteiger partial charge in [-0.05, 0) is 26.0 Å². The Balaban J connectivity index is 2.19. The number of halogens is 1. The number of nitrogens with zero attached hydrogens (tertiary/aromatic N) is 4. The Bertz CT molecular complexity index is 720. The van der Waals surface area contributed by atoms with Crippen LogP contribution in [-0.4, -0.2) is 25.4 Å². The van der Waals surface area contributed by atoms with Crippen molar-refractivity contribution in [2.75, 3.05) is 5.88 Å². The predicted octanol–water partition coefficient (Wildman–Crippen LogP) is 3.59. The van der Waals surface area contributed by atoms with Gasteiger partial charge in [0.25, 0.3) is 0 Å². The second-order valence-electron chi connectivity index (χ2n) is 4.68. The van der Waals surface area contributed by atoms with Crippen molar-refractivity contribution in [1.82, 2.24) is 19.5 Å². The molecular weight excluding hydrogens is 292 g/mol. The molecule has 1 atom stereocenters. The highest BCUT2D eigenvalue weighted by Gasteiger charge is 2.19. The van der Waals surface area contributed by atoms with E-state index in [4.69, 9.17) is 11.6 Å². The average Bonchev–Trinajstić information content (AvgIpc) is 3.05. The smallest absolute Gasteiger partial charge is 0.160 e. The van der Waals surface area contributed by atoms with Crippen molar-refractivity contribution < 1.29 is 0 Å². The average molecular weight is 307 g/mol. The molecule has 0 aliphatic carbocycles. The van der Waals surface area contributed by atoms with Crippen LogP contribution >= 0.6 is 22.9 Å². The number of pyridine rings is 1. The molecule has 0 spiro atoms. The van der Waals surface area contributed by atoms with Gasteiger partial charge in [0.2, 0.25) is 0 Å². The van der Waals surface area contributed by atoms with Crippen LogP contribution < -0.4 is 0 Å². The third kappa shape index (κ3) is 2.31. The van der Waals surface area contributed by atoms with Gasteiger partial charge in [-0.1, -0.05) is 0 Å². The van der Waals surface area contributed by atoms with E-state index in [2.05, 4.69) is 26.4 Å². The monoisotopic (exact) mass is 306 g/mol. The largest absolute Gasteiger partial charge is 0.303 e. The number of aryl methyl sites for hydroxylation is 2. The first-order valence-corrected chi connectivity index (χ1v) is 7.92. The molecule has 6 heteroatoms. The van der Waals surface area contributed by atoms with Gasteiger partial charge >= 0.3 is 0 Å². The lowest BCUT2D eigenvalue weighted by Crippen LogP contribution is -2.12. The van der Waals surface area contributed by atoms with Crippen LogP contribution in [0.25, 0.3) is 11.2 Å². The zero-order chi connectivity index (χ0) is 14.1. The number of hydrogen-bond acceptors (Lipinski definition) is 4. The lowest BCUT2D eigenvalue weighted by atomic mass is 10.3. The number of rotatable bonds is 4. The highest BCUT2D eigenvalue weighted by atomic mass is 35.5. The van der Waals surface area contributed by atoms with Gasteiger partial charge < -0.3 is 4.57 Å². The standard InChI is InChI=1S/C14H15ClN4S/c1-9-3-4-11-13(17-9)19(12(18-11)5-6-15)10(2)14-16-7-8-20-14/h3-4,7-8,10H,5-6H2,1-2H3. The van der Waals surface area contributed by atoms with Crippen LogP contribution in [-0.2, 0) is 6.42 Å². The lowest BCUT2D eigenvalue weighted by molar-refractivity contribution is 0.615. The molecule has 3 heterocycles. The Morgan fingerprint density at radius 3 is 2.90 bits per heavy atom. The van der Waals surface area contributed by atoms with Crippen LogP contribution in [0.1, 0.15) is 29.5 Å². The van der Waals surface area contributed by atoms with E-state index in [1.165, 1.54) is 0 Å². The van der Waals surface area contributed by atoms with Gasteiger partial charge in [-0.25, -0.2) is 15.0 Å². The summed E-state index contributed by atoms with van der Waals surface area (Å²) >= 11 is 7.56. The van der Waals surface area contributed by atoms with Gasteiger partial charge in [0.1, 0.15) is 16.3 Å². The minimum absolute atomic E-state index is 0.118. The summed E-state index contributed by atoms with van der Waals surface area (Å²) in [5.41, 5.74) is 2.81. The van der Waals surface area contributed by atoms with E-state index in [1.54, 1.807) is 11.3 Å². The van der Waals surface area contributed by atoms with Crippen molar-refractivity contribution in [1.29, 1.82) is 0 Å². The third-order valence-electron chi connectivity index (χ3n) is 3.26. The summed E-state index contributed by atoms with van der Waals surface area (Å²) in [6.45, 7) is 4.12. The second-order valence-corrected chi connectivity index (χ2v) is 5.98. The van der Waals surface area contributed by atoms with Crippen LogP contribution in [0.4, 0.5) is 0 Å². The summed E-state index contributed by atoms with van der Waals surface area (Å²) in [4.78, 5) is 13.7. The van der Waals surface area contributed by atoms with E-state index in [0.29, 0.717) is 5.88 Å². The number of fused-ring (bicyclic) bond motifs is 1. The van der Waals surface area contributed by atoms with E-state index in [1.807, 2.05) is 30.6 Å². The number of aromatic nitrogens is 4. The Hall–Kier alpha value is -1.46. The zero-order valence-electron chi connectivity index (χ0n) is 11.4. The van der Waals surface area contributed by atoms with Crippen LogP contribution in [0, 0.1) is 6.92 Å². The molecule has 20 heavy (non-hydrogen) atoms. The highest BCUT2D eigenvalue weighted by Crippen LogP contribution is 2.26. The first-order chi connectivity index (χ1) is 9.70. The second kappa shape index (κ2) is 5.50. The molecule has 3 aromatic rings. The first kappa shape index (κ1) is 13.5. The molecule has 0 radical (unpaired) electrons. The van der Waals surface area contributed by atoms with Crippen LogP contribution in [0.3, 0.4) is 0 Å². The number of imidazole rings is 1. The van der Waals surface area contributed by atoms with Crippen molar-refractivity contribution in [2.24, 2.45) is 0 Å². The number of hydrogen-bond donors (Lipinski definition) is 0. The van der Waals surface area contributed by atoms with Gasteiger partial charge in [-0.2, -0.15) is 0 Å². The molecule has 0 saturated carbocycles. The van der Waals surface area contributed by atoms with Crippen molar-refractivity contribution >= 4 is 34.1 Å². The fraction of sp³-hybridized carbons (Fsp3) is 0.357. The molecule has 104 valence electrons. The summed E-state index contributed by atoms with van der Waals surface area (Å²) in [7, 11) is 0. The molecule has 0 aromatic carbocycles. The van der Waals surface area contributed by atoms with E-state index in [9.17, 15) is 0 Å². The molecular formula is C14H15ClN4S. The summed E-state index contributed by atoms with van der Waals surface area (Å²) in [6, 6.07) is 4.12. The molecule has 0 N–H and O–H groups in total. The summed E-state index contributed by atoms with van der Waals surface area (Å²) in [5.74, 6) is 1.52. The molecule has 0 saturated heterocycles. The Morgan fingerprint density at radius 2 is 2.20 bits per heavy atom. The topological polar surface area (TPSA) is 43.6 Å². The van der Waals surface area contributed by atoms with Gasteiger partial charge in [-0.15, -0.1) is 22.9 Å². The molecule has 3 aromatic heterocycles. The zero-order valence-corrected chi connectivity index (χ0v) is 12.9. The van der Waals surface area contributed by atoms with Gasteiger partial charge in [-0.3, -0.25) is 0 Å². The van der Waals surface area contributed by atoms with E-state index in [0.717, 1.165) is 34.1 Å². The SMILES string of the molecule is Cc1ccc2nc(CCCl)n(C(C)c3nccs3)c2n1. The van der Waals surface area contributed by atoms with Crippen molar-refractivity contribution in [2.45, 2.75) is 26.3 Å². The minimum Gasteiger partial charge on any atom is -0.303 e. The molecule has 0 aliphatic heterocycles. The first-order valence-electron chi connectivity index (χ1n) is 6.50. The molecule has 0 amide bonds. The maximum Gasteiger partial charge on any atom is 0.160 e. The molecule has 0 fully saturated rings. The minimum atomic E-state index is 0.118. The lowest BCUT2D eigenvalue weighted by Gasteiger charge is -2.14. The highest BCUT2D eigenvalue weighted by molar-refractivity contribution is 7.09. The number of thiazole rings is 1. The van der Waals surface area contributed by atoms with Crippen molar-refractivity contribution in [3.8, 4) is 0 Å². The molecule has 0 aliphatic rings. The molecule has 3 rings (SSSR count). The van der Waals surface area contributed by atoms with Crippen molar-refractivity contribution in [3.63, 3.8) is 0 Å². The predicted molar refractivity (Wildman–Crippen MR) is 82.6 cm³/mol. The summed E-state index contributed by atoms with van der Waals surface area (Å²) < 4.78 is 2.16. The van der Waals surface area contributed by atoms with E-state index >= 15 is 0 Å². The number of alkyl halides is 1. The van der Waals surface area contributed by atoms with Crippen LogP contribution in [0.2, 0.25) is 0 Å². The van der Waals surface area contributed by atoms with E-state index < -0.39 is 0 Å². The maximum absolute atomic E-state index is 5.91. The van der Waals surface area contributed by atoms with Crippen LogP contribution in [0.15, 0.2) is 23.7 Å². The summed E-state index contributed by atoms with van der Waals surface area (Å²) in [5, 5.41) is 3.05. The Kier molecular flexibility index (Phi) is 3.72. The van der Waals surface area contributed by atoms with Crippen LogP contribution in [0.5, 0.6) is 0 Å². The van der Waals surface area contributed by atoms with Gasteiger partial charge in [0.15, 0.2) is 5.65 Å². The Labute approximate surface area is 126 Å². The molecule has 4 nitrogen and oxygen atoms in total. The maximum atomic E-state index is 5.91. The fourth-order valence-electron chi connectivity index (χ4n) is 2.33. The molecule has 0 bridgehead atoms. The van der Waals surface area contributed by atoms with Gasteiger partial charge in [0, 0.05) is 29.6 Å². The molecule has 1 unspecified atom stereocenters. The van der Waals surface area contributed by atoms with Gasteiger partial charge in [0.05, 0.1) is 6.04 Å². The third-order valence-corrected chi connectivity index (χ3v) is 4.40. The Morgan fingerprint density at radius 1 is 1.35 bits per heavy atom. The summed E-state index contributed by atoms with van der Waals surface area (Å²) in [6.07, 6.45) is 2.56. The quantitative estimate of drug-likeness (QED) is 0.692. The van der Waals surface area contributed by atoms with Crippen molar-refractivity contribution in [3.05, 3.63) is 40.2 Å².